The van der Waals surface area contributed by atoms with Gasteiger partial charge in [0.25, 0.3) is 0 Å². The molecule has 2 aromatic rings. The van der Waals surface area contributed by atoms with Crippen molar-refractivity contribution in [1.29, 1.82) is 0 Å². The van der Waals surface area contributed by atoms with Crippen LogP contribution in [0, 0.1) is 13.8 Å². The van der Waals surface area contributed by atoms with Crippen LogP contribution in [0.2, 0.25) is 0 Å². The van der Waals surface area contributed by atoms with Gasteiger partial charge in [0.1, 0.15) is 11.0 Å². The minimum Gasteiger partial charge on any atom is -0.360 e. The minimum absolute atomic E-state index is 0.180. The number of sulfone groups is 1. The number of rotatable bonds is 4. The summed E-state index contributed by atoms with van der Waals surface area (Å²) >= 11 is 0. The highest BCUT2D eigenvalue weighted by Gasteiger charge is 2.32. The standard InChI is InChI=1S/C18H24N2O4S/c1-11-7-8-14(18(4,5)6)10-15(11)25(22,23)13(3)17(21)19-16-9-12(2)24-20-16/h7-10,13H,1-6H3,(H,19,20,21). The molecular weight excluding hydrogens is 340 g/mol. The number of anilines is 1. The second-order valence-electron chi connectivity index (χ2n) is 7.23. The van der Waals surface area contributed by atoms with E-state index in [0.29, 0.717) is 11.3 Å². The lowest BCUT2D eigenvalue weighted by Gasteiger charge is -2.21. The Morgan fingerprint density at radius 2 is 1.84 bits per heavy atom. The molecule has 2 rings (SSSR count). The molecule has 0 saturated carbocycles. The molecule has 0 radical (unpaired) electrons. The number of carbonyl (C=O) groups excluding carboxylic acids is 1. The van der Waals surface area contributed by atoms with Crippen molar-refractivity contribution in [3.63, 3.8) is 0 Å². The second-order valence-corrected chi connectivity index (χ2v) is 9.47. The summed E-state index contributed by atoms with van der Waals surface area (Å²) in [6.07, 6.45) is 0. The van der Waals surface area contributed by atoms with Gasteiger partial charge < -0.3 is 9.84 Å². The first kappa shape index (κ1) is 19.2. The number of aryl methyl sites for hydroxylation is 2. The summed E-state index contributed by atoms with van der Waals surface area (Å²) in [5.74, 6) is 0.0816. The number of hydrogen-bond acceptors (Lipinski definition) is 5. The molecule has 0 spiro atoms. The van der Waals surface area contributed by atoms with Crippen LogP contribution in [0.25, 0.3) is 0 Å². The predicted molar refractivity (Wildman–Crippen MR) is 96.4 cm³/mol. The van der Waals surface area contributed by atoms with Crippen molar-refractivity contribution in [1.82, 2.24) is 5.16 Å². The van der Waals surface area contributed by atoms with Crippen molar-refractivity contribution in [2.24, 2.45) is 0 Å². The van der Waals surface area contributed by atoms with Crippen molar-refractivity contribution in [3.05, 3.63) is 41.2 Å². The Morgan fingerprint density at radius 1 is 1.20 bits per heavy atom. The molecule has 1 atom stereocenters. The number of benzene rings is 1. The first-order valence-corrected chi connectivity index (χ1v) is 9.57. The van der Waals surface area contributed by atoms with E-state index in [1.165, 1.54) is 13.0 Å². The van der Waals surface area contributed by atoms with Crippen LogP contribution in [0.5, 0.6) is 0 Å². The molecule has 1 aromatic carbocycles. The molecule has 0 saturated heterocycles. The van der Waals surface area contributed by atoms with Gasteiger partial charge >= 0.3 is 0 Å². The molecule has 7 heteroatoms. The Bertz CT molecular complexity index is 892. The van der Waals surface area contributed by atoms with Crippen LogP contribution >= 0.6 is 0 Å². The molecular formula is C18H24N2O4S. The third kappa shape index (κ3) is 4.10. The lowest BCUT2D eigenvalue weighted by atomic mass is 9.87. The van der Waals surface area contributed by atoms with Gasteiger partial charge in [0.15, 0.2) is 15.7 Å². The Hall–Kier alpha value is -2.15. The SMILES string of the molecule is Cc1cc(NC(=O)C(C)S(=O)(=O)c2cc(C(C)(C)C)ccc2C)no1. The molecule has 0 aliphatic heterocycles. The smallest absolute Gasteiger partial charge is 0.244 e. The minimum atomic E-state index is -3.84. The van der Waals surface area contributed by atoms with Crippen molar-refractivity contribution in [2.45, 2.75) is 57.1 Å². The zero-order chi connectivity index (χ0) is 19.0. The van der Waals surface area contributed by atoms with Gasteiger partial charge in [-0.3, -0.25) is 4.79 Å². The highest BCUT2D eigenvalue weighted by atomic mass is 32.2. The summed E-state index contributed by atoms with van der Waals surface area (Å²) in [6, 6.07) is 6.88. The van der Waals surface area contributed by atoms with Crippen LogP contribution in [-0.4, -0.2) is 24.7 Å². The van der Waals surface area contributed by atoms with E-state index >= 15 is 0 Å². The van der Waals surface area contributed by atoms with Crippen molar-refractivity contribution < 1.29 is 17.7 Å². The maximum atomic E-state index is 13.0. The molecule has 1 aromatic heterocycles. The molecule has 25 heavy (non-hydrogen) atoms. The highest BCUT2D eigenvalue weighted by Crippen LogP contribution is 2.28. The van der Waals surface area contributed by atoms with Crippen LogP contribution in [0.1, 0.15) is 44.6 Å². The van der Waals surface area contributed by atoms with Crippen LogP contribution in [0.15, 0.2) is 33.7 Å². The molecule has 6 nitrogen and oxygen atoms in total. The Morgan fingerprint density at radius 3 is 2.36 bits per heavy atom. The van der Waals surface area contributed by atoms with Crippen molar-refractivity contribution >= 4 is 21.6 Å². The zero-order valence-corrected chi connectivity index (χ0v) is 16.2. The van der Waals surface area contributed by atoms with E-state index in [4.69, 9.17) is 4.52 Å². The van der Waals surface area contributed by atoms with Crippen LogP contribution < -0.4 is 5.32 Å². The molecule has 1 N–H and O–H groups in total. The summed E-state index contributed by atoms with van der Waals surface area (Å²) in [6.45, 7) is 10.8. The quantitative estimate of drug-likeness (QED) is 0.898. The summed E-state index contributed by atoms with van der Waals surface area (Å²) in [7, 11) is -3.84. The van der Waals surface area contributed by atoms with Gasteiger partial charge in [0, 0.05) is 6.07 Å². The average molecular weight is 364 g/mol. The Labute approximate surface area is 148 Å². The van der Waals surface area contributed by atoms with Crippen molar-refractivity contribution in [2.75, 3.05) is 5.32 Å². The van der Waals surface area contributed by atoms with Crippen LogP contribution in [0.3, 0.4) is 0 Å². The summed E-state index contributed by atoms with van der Waals surface area (Å²) in [5.41, 5.74) is 1.32. The van der Waals surface area contributed by atoms with Gasteiger partial charge in [-0.25, -0.2) is 8.42 Å². The number of hydrogen-bond donors (Lipinski definition) is 1. The number of carbonyl (C=O) groups is 1. The Kier molecular flexibility index (Phi) is 5.09. The Balaban J connectivity index is 2.35. The predicted octanol–water partition coefficient (Wildman–Crippen LogP) is 3.39. The van der Waals surface area contributed by atoms with Crippen LogP contribution in [0.4, 0.5) is 5.82 Å². The average Bonchev–Trinajstić information content (AvgIpc) is 2.90. The van der Waals surface area contributed by atoms with Crippen molar-refractivity contribution in [3.8, 4) is 0 Å². The summed E-state index contributed by atoms with van der Waals surface area (Å²) in [5, 5.41) is 4.88. The van der Waals surface area contributed by atoms with E-state index in [0.717, 1.165) is 5.56 Å². The molecule has 0 aliphatic rings. The molecule has 1 heterocycles. The van der Waals surface area contributed by atoms with E-state index in [9.17, 15) is 13.2 Å². The topological polar surface area (TPSA) is 89.3 Å². The third-order valence-corrected chi connectivity index (χ3v) is 6.27. The molecule has 1 amide bonds. The van der Waals surface area contributed by atoms with Gasteiger partial charge in [-0.05, 0) is 43.4 Å². The normalized spacial score (nSPS) is 13.5. The highest BCUT2D eigenvalue weighted by molar-refractivity contribution is 7.92. The fourth-order valence-electron chi connectivity index (χ4n) is 2.36. The van der Waals surface area contributed by atoms with Gasteiger partial charge in [0.05, 0.1) is 4.90 Å². The lowest BCUT2D eigenvalue weighted by molar-refractivity contribution is -0.115. The third-order valence-electron chi connectivity index (χ3n) is 4.07. The van der Waals surface area contributed by atoms with Gasteiger partial charge in [0.2, 0.25) is 5.91 Å². The second kappa shape index (κ2) is 6.63. The first-order chi connectivity index (χ1) is 11.4. The maximum Gasteiger partial charge on any atom is 0.244 e. The van der Waals surface area contributed by atoms with E-state index in [2.05, 4.69) is 10.5 Å². The molecule has 0 bridgehead atoms. The molecule has 0 aliphatic carbocycles. The number of aromatic nitrogens is 1. The van der Waals surface area contributed by atoms with Gasteiger partial charge in [-0.15, -0.1) is 0 Å². The molecule has 1 unspecified atom stereocenters. The van der Waals surface area contributed by atoms with E-state index < -0.39 is 21.0 Å². The zero-order valence-electron chi connectivity index (χ0n) is 15.4. The summed E-state index contributed by atoms with van der Waals surface area (Å²) in [4.78, 5) is 12.5. The number of amides is 1. The summed E-state index contributed by atoms with van der Waals surface area (Å²) < 4.78 is 30.8. The van der Waals surface area contributed by atoms with Gasteiger partial charge in [-0.2, -0.15) is 0 Å². The number of nitrogens with one attached hydrogen (secondary N) is 1. The molecule has 136 valence electrons. The fraction of sp³-hybridized carbons (Fsp3) is 0.444. The van der Waals surface area contributed by atoms with Crippen LogP contribution in [-0.2, 0) is 20.0 Å². The van der Waals surface area contributed by atoms with E-state index in [-0.39, 0.29) is 16.1 Å². The monoisotopic (exact) mass is 364 g/mol. The van der Waals surface area contributed by atoms with E-state index in [1.54, 1.807) is 26.0 Å². The van der Waals surface area contributed by atoms with Gasteiger partial charge in [-0.1, -0.05) is 38.1 Å². The fourth-order valence-corrected chi connectivity index (χ4v) is 3.89. The van der Waals surface area contributed by atoms with E-state index in [1.807, 2.05) is 26.8 Å². The molecule has 0 fully saturated rings. The number of nitrogens with zero attached hydrogens (tertiary/aromatic N) is 1. The largest absolute Gasteiger partial charge is 0.360 e. The maximum absolute atomic E-state index is 13.0. The lowest BCUT2D eigenvalue weighted by Crippen LogP contribution is -2.33. The first-order valence-electron chi connectivity index (χ1n) is 8.02.